The summed E-state index contributed by atoms with van der Waals surface area (Å²) in [5, 5.41) is 3.47. The number of aromatic nitrogens is 2. The summed E-state index contributed by atoms with van der Waals surface area (Å²) in [5.41, 5.74) is -0.653. The fraction of sp³-hybridized carbons (Fsp3) is 0.154. The predicted octanol–water partition coefficient (Wildman–Crippen LogP) is 1.31. The number of hydrogen-bond acceptors (Lipinski definition) is 3. The molecule has 1 aromatic heterocycles. The zero-order valence-corrected chi connectivity index (χ0v) is 12.5. The van der Waals surface area contributed by atoms with Crippen molar-refractivity contribution in [3.05, 3.63) is 66.4 Å². The van der Waals surface area contributed by atoms with Crippen LogP contribution in [0.2, 0.25) is 10.0 Å². The van der Waals surface area contributed by atoms with Gasteiger partial charge in [-0.1, -0.05) is 29.3 Å². The molecule has 110 valence electrons. The molecule has 0 aliphatic carbocycles. The van der Waals surface area contributed by atoms with Crippen molar-refractivity contribution in [1.29, 1.82) is 0 Å². The van der Waals surface area contributed by atoms with Gasteiger partial charge in [0, 0.05) is 29.7 Å². The van der Waals surface area contributed by atoms with Gasteiger partial charge in [-0.15, -0.1) is 0 Å². The third kappa shape index (κ3) is 3.53. The number of benzene rings is 1. The Kier molecular flexibility index (Phi) is 4.50. The van der Waals surface area contributed by atoms with Gasteiger partial charge < -0.3 is 10.3 Å². The maximum atomic E-state index is 11.9. The van der Waals surface area contributed by atoms with E-state index in [0.29, 0.717) is 15.6 Å². The molecule has 1 amide bonds. The fourth-order valence-corrected chi connectivity index (χ4v) is 2.09. The van der Waals surface area contributed by atoms with Gasteiger partial charge in [0.15, 0.2) is 0 Å². The molecule has 1 heterocycles. The molecule has 2 N–H and O–H groups in total. The number of H-pyrrole nitrogens is 1. The van der Waals surface area contributed by atoms with Gasteiger partial charge in [0.1, 0.15) is 5.69 Å². The highest BCUT2D eigenvalue weighted by atomic mass is 35.5. The summed E-state index contributed by atoms with van der Waals surface area (Å²) >= 11 is 11.8. The molecular weight excluding hydrogens is 317 g/mol. The Hall–Kier alpha value is -2.05. The summed E-state index contributed by atoms with van der Waals surface area (Å²) in [4.78, 5) is 37.1. The van der Waals surface area contributed by atoms with Crippen molar-refractivity contribution in [2.45, 2.75) is 6.54 Å². The quantitative estimate of drug-likeness (QED) is 0.891. The van der Waals surface area contributed by atoms with E-state index in [2.05, 4.69) is 10.3 Å². The number of amides is 1. The maximum Gasteiger partial charge on any atom is 0.328 e. The minimum atomic E-state index is -0.655. The fourth-order valence-electron chi connectivity index (χ4n) is 1.61. The molecule has 21 heavy (non-hydrogen) atoms. The molecule has 0 unspecified atom stereocenters. The van der Waals surface area contributed by atoms with Crippen molar-refractivity contribution in [3.8, 4) is 0 Å². The summed E-state index contributed by atoms with van der Waals surface area (Å²) in [6.07, 6.45) is 0. The first kappa shape index (κ1) is 15.3. The molecule has 0 saturated carbocycles. The Morgan fingerprint density at radius 2 is 2.00 bits per heavy atom. The van der Waals surface area contributed by atoms with Crippen LogP contribution in [0.15, 0.2) is 33.9 Å². The second-order valence-electron chi connectivity index (χ2n) is 4.30. The standard InChI is InChI=1S/C13H11Cl2N3O3/c1-18-11(19)5-10(17-13(18)21)12(20)16-6-7-2-3-8(14)4-9(7)15/h2-5H,6H2,1H3,(H,16,20)(H,17,21). The molecule has 0 aliphatic heterocycles. The number of nitrogens with zero attached hydrogens (tertiary/aromatic N) is 1. The normalized spacial score (nSPS) is 10.4. The average Bonchev–Trinajstić information content (AvgIpc) is 2.43. The van der Waals surface area contributed by atoms with Crippen LogP contribution < -0.4 is 16.6 Å². The Morgan fingerprint density at radius 3 is 2.62 bits per heavy atom. The van der Waals surface area contributed by atoms with E-state index in [4.69, 9.17) is 23.2 Å². The van der Waals surface area contributed by atoms with E-state index < -0.39 is 17.2 Å². The highest BCUT2D eigenvalue weighted by Gasteiger charge is 2.10. The van der Waals surface area contributed by atoms with Crippen molar-refractivity contribution in [1.82, 2.24) is 14.9 Å². The van der Waals surface area contributed by atoms with Crippen molar-refractivity contribution in [3.63, 3.8) is 0 Å². The van der Waals surface area contributed by atoms with E-state index in [1.807, 2.05) is 0 Å². The largest absolute Gasteiger partial charge is 0.347 e. The summed E-state index contributed by atoms with van der Waals surface area (Å²) in [7, 11) is 1.32. The van der Waals surface area contributed by atoms with Crippen LogP contribution in [-0.4, -0.2) is 15.5 Å². The van der Waals surface area contributed by atoms with E-state index in [9.17, 15) is 14.4 Å². The SMILES string of the molecule is Cn1c(=O)cc(C(=O)NCc2ccc(Cl)cc2Cl)[nH]c1=O. The lowest BCUT2D eigenvalue weighted by Gasteiger charge is -2.07. The second kappa shape index (κ2) is 6.15. The number of carbonyl (C=O) groups excluding carboxylic acids is 1. The molecule has 0 spiro atoms. The number of aromatic amines is 1. The smallest absolute Gasteiger partial charge is 0.328 e. The molecular formula is C13H11Cl2N3O3. The number of hydrogen-bond donors (Lipinski definition) is 2. The first-order chi connectivity index (χ1) is 9.88. The van der Waals surface area contributed by atoms with Gasteiger partial charge in [0.05, 0.1) is 0 Å². The summed E-state index contributed by atoms with van der Waals surface area (Å²) in [6, 6.07) is 5.94. The van der Waals surface area contributed by atoms with Crippen molar-refractivity contribution in [2.75, 3.05) is 0 Å². The number of halogens is 2. The molecule has 0 bridgehead atoms. The molecule has 0 fully saturated rings. The minimum absolute atomic E-state index is 0.104. The second-order valence-corrected chi connectivity index (χ2v) is 5.15. The molecule has 1 aromatic carbocycles. The van der Waals surface area contributed by atoms with Gasteiger partial charge in [-0.3, -0.25) is 14.2 Å². The summed E-state index contributed by atoms with van der Waals surface area (Å²) < 4.78 is 0.868. The summed E-state index contributed by atoms with van der Waals surface area (Å²) in [5.74, 6) is -0.573. The van der Waals surface area contributed by atoms with Crippen LogP contribution in [0.25, 0.3) is 0 Å². The molecule has 2 aromatic rings. The lowest BCUT2D eigenvalue weighted by molar-refractivity contribution is 0.0945. The van der Waals surface area contributed by atoms with Gasteiger partial charge in [-0.2, -0.15) is 0 Å². The number of nitrogens with one attached hydrogen (secondary N) is 2. The van der Waals surface area contributed by atoms with Crippen LogP contribution >= 0.6 is 23.2 Å². The van der Waals surface area contributed by atoms with Gasteiger partial charge in [0.25, 0.3) is 11.5 Å². The first-order valence-electron chi connectivity index (χ1n) is 5.91. The summed E-state index contributed by atoms with van der Waals surface area (Å²) in [6.45, 7) is 0.145. The monoisotopic (exact) mass is 327 g/mol. The topological polar surface area (TPSA) is 84.0 Å². The Labute approximate surface area is 129 Å². The average molecular weight is 328 g/mol. The Balaban J connectivity index is 2.15. The highest BCUT2D eigenvalue weighted by molar-refractivity contribution is 6.35. The highest BCUT2D eigenvalue weighted by Crippen LogP contribution is 2.20. The van der Waals surface area contributed by atoms with E-state index in [0.717, 1.165) is 10.6 Å². The van der Waals surface area contributed by atoms with Crippen molar-refractivity contribution < 1.29 is 4.79 Å². The lowest BCUT2D eigenvalue weighted by Crippen LogP contribution is -2.36. The molecule has 0 atom stereocenters. The van der Waals surface area contributed by atoms with Gasteiger partial charge >= 0.3 is 5.69 Å². The molecule has 8 heteroatoms. The first-order valence-corrected chi connectivity index (χ1v) is 6.66. The molecule has 0 radical (unpaired) electrons. The van der Waals surface area contributed by atoms with Crippen LogP contribution in [0.4, 0.5) is 0 Å². The van der Waals surface area contributed by atoms with Gasteiger partial charge in [-0.05, 0) is 17.7 Å². The molecule has 2 rings (SSSR count). The van der Waals surface area contributed by atoms with Gasteiger partial charge in [0.2, 0.25) is 0 Å². The molecule has 0 saturated heterocycles. The Morgan fingerprint density at radius 1 is 1.29 bits per heavy atom. The third-order valence-corrected chi connectivity index (χ3v) is 3.43. The third-order valence-electron chi connectivity index (χ3n) is 2.84. The number of rotatable bonds is 3. The van der Waals surface area contributed by atoms with Gasteiger partial charge in [-0.25, -0.2) is 4.79 Å². The van der Waals surface area contributed by atoms with E-state index >= 15 is 0 Å². The van der Waals surface area contributed by atoms with E-state index in [-0.39, 0.29) is 12.2 Å². The lowest BCUT2D eigenvalue weighted by atomic mass is 10.2. The molecule has 0 aliphatic rings. The van der Waals surface area contributed by atoms with Crippen LogP contribution in [0, 0.1) is 0 Å². The van der Waals surface area contributed by atoms with Crippen molar-refractivity contribution in [2.24, 2.45) is 7.05 Å². The molecule has 6 nitrogen and oxygen atoms in total. The van der Waals surface area contributed by atoms with Crippen molar-refractivity contribution >= 4 is 29.1 Å². The minimum Gasteiger partial charge on any atom is -0.347 e. The zero-order valence-electron chi connectivity index (χ0n) is 10.9. The van der Waals surface area contributed by atoms with Crippen LogP contribution in [0.1, 0.15) is 16.1 Å². The van der Waals surface area contributed by atoms with E-state index in [1.54, 1.807) is 18.2 Å². The predicted molar refractivity (Wildman–Crippen MR) is 79.9 cm³/mol. The zero-order chi connectivity index (χ0) is 15.6. The Bertz CT molecular complexity index is 780. The number of carbonyl (C=O) groups is 1. The van der Waals surface area contributed by atoms with Crippen LogP contribution in [0.5, 0.6) is 0 Å². The van der Waals surface area contributed by atoms with E-state index in [1.165, 1.54) is 7.05 Å². The van der Waals surface area contributed by atoms with Crippen LogP contribution in [-0.2, 0) is 13.6 Å². The van der Waals surface area contributed by atoms with Crippen LogP contribution in [0.3, 0.4) is 0 Å². The maximum absolute atomic E-state index is 11.9.